The van der Waals surface area contributed by atoms with Gasteiger partial charge < -0.3 is 14.8 Å². The lowest BCUT2D eigenvalue weighted by molar-refractivity contribution is -0.137. The van der Waals surface area contributed by atoms with Gasteiger partial charge in [0.2, 0.25) is 0 Å². The summed E-state index contributed by atoms with van der Waals surface area (Å²) >= 11 is 1.19. The molecule has 0 aliphatic heterocycles. The van der Waals surface area contributed by atoms with Crippen LogP contribution in [0.15, 0.2) is 35.4 Å². The van der Waals surface area contributed by atoms with Crippen LogP contribution in [0.4, 0.5) is 0 Å². The van der Waals surface area contributed by atoms with E-state index in [0.717, 1.165) is 15.8 Å². The molecule has 6 heteroatoms. The van der Waals surface area contributed by atoms with Crippen LogP contribution in [-0.2, 0) is 16.1 Å². The third-order valence-electron chi connectivity index (χ3n) is 2.41. The molecule has 1 aromatic carbocycles. The fourth-order valence-electron chi connectivity index (χ4n) is 1.74. The molecular formula is C12H11NO4S. The highest BCUT2D eigenvalue weighted by Crippen LogP contribution is 2.29. The summed E-state index contributed by atoms with van der Waals surface area (Å²) in [7, 11) is 0. The van der Waals surface area contributed by atoms with Crippen molar-refractivity contribution in [3.63, 3.8) is 0 Å². The van der Waals surface area contributed by atoms with Gasteiger partial charge in [0.15, 0.2) is 0 Å². The molecular weight excluding hydrogens is 254 g/mol. The summed E-state index contributed by atoms with van der Waals surface area (Å²) in [5, 5.41) is 18.4. The summed E-state index contributed by atoms with van der Waals surface area (Å²) in [5.41, 5.74) is 0.799. The van der Waals surface area contributed by atoms with Crippen LogP contribution in [0, 0.1) is 0 Å². The number of hydrogen-bond acceptors (Lipinski definition) is 3. The van der Waals surface area contributed by atoms with E-state index in [4.69, 9.17) is 10.2 Å². The van der Waals surface area contributed by atoms with Crippen molar-refractivity contribution in [2.45, 2.75) is 11.4 Å². The molecule has 18 heavy (non-hydrogen) atoms. The molecule has 2 N–H and O–H groups in total. The average Bonchev–Trinajstić information content (AvgIpc) is 2.65. The molecule has 94 valence electrons. The summed E-state index contributed by atoms with van der Waals surface area (Å²) in [4.78, 5) is 22.1. The number of fused-ring (bicyclic) bond motifs is 1. The van der Waals surface area contributed by atoms with Crippen LogP contribution in [-0.4, -0.2) is 32.5 Å². The van der Waals surface area contributed by atoms with Gasteiger partial charge in [0.1, 0.15) is 6.54 Å². The number of benzene rings is 1. The Morgan fingerprint density at radius 2 is 1.89 bits per heavy atom. The maximum Gasteiger partial charge on any atom is 0.323 e. The summed E-state index contributed by atoms with van der Waals surface area (Å²) in [5.74, 6) is -1.86. The second kappa shape index (κ2) is 5.14. The quantitative estimate of drug-likeness (QED) is 0.807. The van der Waals surface area contributed by atoms with E-state index in [1.807, 2.05) is 24.3 Å². The summed E-state index contributed by atoms with van der Waals surface area (Å²) in [6.07, 6.45) is 1.69. The van der Waals surface area contributed by atoms with Crippen LogP contribution in [0.25, 0.3) is 10.9 Å². The van der Waals surface area contributed by atoms with E-state index in [0.29, 0.717) is 0 Å². The second-order valence-corrected chi connectivity index (χ2v) is 4.73. The van der Waals surface area contributed by atoms with Crippen molar-refractivity contribution in [3.8, 4) is 0 Å². The Morgan fingerprint density at radius 3 is 2.56 bits per heavy atom. The Hall–Kier alpha value is -1.95. The third kappa shape index (κ3) is 2.65. The van der Waals surface area contributed by atoms with Crippen molar-refractivity contribution in [2.24, 2.45) is 0 Å². The molecule has 0 saturated carbocycles. The highest BCUT2D eigenvalue weighted by molar-refractivity contribution is 8.00. The van der Waals surface area contributed by atoms with Gasteiger partial charge in [-0.15, -0.1) is 11.8 Å². The first kappa shape index (κ1) is 12.5. The number of aliphatic carboxylic acids is 2. The molecule has 0 bridgehead atoms. The minimum atomic E-state index is -0.925. The maximum absolute atomic E-state index is 10.8. The highest BCUT2D eigenvalue weighted by atomic mass is 32.2. The number of rotatable bonds is 5. The van der Waals surface area contributed by atoms with Crippen molar-refractivity contribution in [3.05, 3.63) is 30.5 Å². The minimum Gasteiger partial charge on any atom is -0.481 e. The van der Waals surface area contributed by atoms with Crippen LogP contribution in [0.1, 0.15) is 0 Å². The predicted octanol–water partition coefficient (Wildman–Crippen LogP) is 1.90. The van der Waals surface area contributed by atoms with Crippen molar-refractivity contribution < 1.29 is 19.8 Å². The van der Waals surface area contributed by atoms with E-state index in [2.05, 4.69) is 0 Å². The zero-order valence-electron chi connectivity index (χ0n) is 9.37. The lowest BCUT2D eigenvalue weighted by atomic mass is 10.2. The number of nitrogens with zero attached hydrogens (tertiary/aromatic N) is 1. The molecule has 0 amide bonds. The van der Waals surface area contributed by atoms with Crippen LogP contribution >= 0.6 is 11.8 Å². The fourth-order valence-corrected chi connectivity index (χ4v) is 2.55. The zero-order valence-corrected chi connectivity index (χ0v) is 10.2. The van der Waals surface area contributed by atoms with Gasteiger partial charge in [-0.05, 0) is 6.07 Å². The lowest BCUT2D eigenvalue weighted by Gasteiger charge is -1.99. The highest BCUT2D eigenvalue weighted by Gasteiger charge is 2.11. The Morgan fingerprint density at radius 1 is 1.17 bits per heavy atom. The monoisotopic (exact) mass is 265 g/mol. The van der Waals surface area contributed by atoms with E-state index in [9.17, 15) is 9.59 Å². The smallest absolute Gasteiger partial charge is 0.323 e. The van der Waals surface area contributed by atoms with Crippen molar-refractivity contribution in [1.82, 2.24) is 4.57 Å². The van der Waals surface area contributed by atoms with Crippen molar-refractivity contribution >= 4 is 34.6 Å². The minimum absolute atomic E-state index is 0.0406. The SMILES string of the molecule is O=C(O)CSc1cn(CC(=O)O)c2ccccc12. The predicted molar refractivity (Wildman–Crippen MR) is 67.9 cm³/mol. The Kier molecular flexibility index (Phi) is 3.57. The molecule has 5 nitrogen and oxygen atoms in total. The van der Waals surface area contributed by atoms with Crippen molar-refractivity contribution in [2.75, 3.05) is 5.75 Å². The van der Waals surface area contributed by atoms with E-state index < -0.39 is 11.9 Å². The first-order valence-electron chi connectivity index (χ1n) is 5.22. The van der Waals surface area contributed by atoms with Gasteiger partial charge in [-0.3, -0.25) is 9.59 Å². The van der Waals surface area contributed by atoms with E-state index >= 15 is 0 Å². The van der Waals surface area contributed by atoms with Crippen LogP contribution in [0.3, 0.4) is 0 Å². The molecule has 0 atom stereocenters. The summed E-state index contributed by atoms with van der Waals surface area (Å²) in [6, 6.07) is 7.35. The number of para-hydroxylation sites is 1. The standard InChI is InChI=1S/C12H11NO4S/c14-11(15)6-13-5-10(18-7-12(16)17)8-3-1-2-4-9(8)13/h1-5H,6-7H2,(H,14,15)(H,16,17). The van der Waals surface area contributed by atoms with Gasteiger partial charge in [-0.1, -0.05) is 18.2 Å². The van der Waals surface area contributed by atoms with Gasteiger partial charge in [-0.2, -0.15) is 0 Å². The number of aromatic nitrogens is 1. The van der Waals surface area contributed by atoms with E-state index in [1.54, 1.807) is 10.8 Å². The molecule has 1 heterocycles. The number of thioether (sulfide) groups is 1. The summed E-state index contributed by atoms with van der Waals surface area (Å²) < 4.78 is 1.61. The van der Waals surface area contributed by atoms with Gasteiger partial charge in [0.05, 0.1) is 5.75 Å². The Labute approximate surface area is 107 Å². The topological polar surface area (TPSA) is 79.5 Å². The van der Waals surface area contributed by atoms with E-state index in [-0.39, 0.29) is 12.3 Å². The van der Waals surface area contributed by atoms with Crippen LogP contribution in [0.5, 0.6) is 0 Å². The lowest BCUT2D eigenvalue weighted by Crippen LogP contribution is -2.07. The van der Waals surface area contributed by atoms with E-state index in [1.165, 1.54) is 11.8 Å². The Bertz CT molecular complexity index is 605. The average molecular weight is 265 g/mol. The molecule has 0 spiro atoms. The molecule has 0 fully saturated rings. The van der Waals surface area contributed by atoms with Gasteiger partial charge in [0.25, 0.3) is 0 Å². The normalized spacial score (nSPS) is 10.7. The molecule has 2 aromatic rings. The molecule has 0 aliphatic rings. The number of carboxylic acids is 2. The van der Waals surface area contributed by atoms with Crippen LogP contribution < -0.4 is 0 Å². The number of hydrogen-bond donors (Lipinski definition) is 2. The maximum atomic E-state index is 10.8. The largest absolute Gasteiger partial charge is 0.481 e. The first-order chi connectivity index (χ1) is 8.58. The van der Waals surface area contributed by atoms with Gasteiger partial charge in [-0.25, -0.2) is 0 Å². The number of carbonyl (C=O) groups is 2. The number of carboxylic acid groups (broad SMARTS) is 2. The van der Waals surface area contributed by atoms with Gasteiger partial charge in [0, 0.05) is 22.0 Å². The second-order valence-electron chi connectivity index (χ2n) is 3.71. The Balaban J connectivity index is 2.40. The third-order valence-corrected chi connectivity index (χ3v) is 3.44. The van der Waals surface area contributed by atoms with Crippen molar-refractivity contribution in [1.29, 1.82) is 0 Å². The fraction of sp³-hybridized carbons (Fsp3) is 0.167. The molecule has 0 saturated heterocycles. The molecule has 1 aromatic heterocycles. The summed E-state index contributed by atoms with van der Waals surface area (Å²) in [6.45, 7) is -0.131. The molecule has 0 unspecified atom stereocenters. The molecule has 0 aliphatic carbocycles. The van der Waals surface area contributed by atoms with Crippen LogP contribution in [0.2, 0.25) is 0 Å². The molecule has 2 rings (SSSR count). The zero-order chi connectivity index (χ0) is 13.1. The first-order valence-corrected chi connectivity index (χ1v) is 6.21. The molecule has 0 radical (unpaired) electrons. The van der Waals surface area contributed by atoms with Gasteiger partial charge >= 0.3 is 11.9 Å².